The Morgan fingerprint density at radius 3 is 3.00 bits per heavy atom. The van der Waals surface area contributed by atoms with Crippen LogP contribution in [0.1, 0.15) is 11.9 Å². The van der Waals surface area contributed by atoms with Gasteiger partial charge in [-0.25, -0.2) is 5.10 Å². The molecule has 0 radical (unpaired) electrons. The van der Waals surface area contributed by atoms with Crippen LogP contribution in [0.5, 0.6) is 0 Å². The molecule has 0 saturated heterocycles. The van der Waals surface area contributed by atoms with Crippen LogP contribution >= 0.6 is 11.3 Å². The monoisotopic (exact) mass is 251 g/mol. The van der Waals surface area contributed by atoms with E-state index in [1.54, 1.807) is 6.07 Å². The summed E-state index contributed by atoms with van der Waals surface area (Å²) in [4.78, 5) is 10.9. The second-order valence-corrected chi connectivity index (χ2v) is 4.47. The van der Waals surface area contributed by atoms with Gasteiger partial charge in [-0.05, 0) is 12.6 Å². The maximum atomic E-state index is 10.9. The molecule has 2 rings (SSSR count). The predicted octanol–water partition coefficient (Wildman–Crippen LogP) is 0.440. The van der Waals surface area contributed by atoms with Crippen LogP contribution in [0.3, 0.4) is 0 Å². The smallest absolute Gasteiger partial charge is 0.264 e. The summed E-state index contributed by atoms with van der Waals surface area (Å²) < 4.78 is 0. The van der Waals surface area contributed by atoms with Gasteiger partial charge in [0.1, 0.15) is 10.7 Å². The van der Waals surface area contributed by atoms with Crippen LogP contribution in [0, 0.1) is 0 Å². The summed E-state index contributed by atoms with van der Waals surface area (Å²) in [5, 5.41) is 19.4. The van der Waals surface area contributed by atoms with E-state index in [0.717, 1.165) is 29.5 Å². The average Bonchev–Trinajstić information content (AvgIpc) is 2.79. The Labute approximate surface area is 102 Å². The van der Waals surface area contributed by atoms with Crippen molar-refractivity contribution in [2.24, 2.45) is 0 Å². The first-order valence-corrected chi connectivity index (χ1v) is 6.20. The normalized spacial score (nSPS) is 10.6. The highest BCUT2D eigenvalue weighted by Gasteiger charge is 2.07. The van der Waals surface area contributed by atoms with Gasteiger partial charge in [-0.15, -0.1) is 10.2 Å². The minimum absolute atomic E-state index is 0.217. The Kier molecular flexibility index (Phi) is 3.94. The molecule has 7 heteroatoms. The number of likely N-dealkylation sites (N-methyl/N-ethyl adjacent to an activating group) is 1. The van der Waals surface area contributed by atoms with Crippen LogP contribution in [-0.2, 0) is 6.42 Å². The van der Waals surface area contributed by atoms with Crippen LogP contribution < -0.4 is 10.9 Å². The standard InChI is InChI=1S/C10H13N5OS/c1-2-11-6-5-9-14-15-10(17-9)7-3-4-8(16)13-12-7/h3-4,11H,2,5-6H2,1H3,(H,13,16). The van der Waals surface area contributed by atoms with Gasteiger partial charge in [-0.3, -0.25) is 4.79 Å². The fourth-order valence-electron chi connectivity index (χ4n) is 1.29. The number of aromatic amines is 1. The second-order valence-electron chi connectivity index (χ2n) is 3.41. The maximum absolute atomic E-state index is 10.9. The van der Waals surface area contributed by atoms with Crippen molar-refractivity contribution < 1.29 is 0 Å². The topological polar surface area (TPSA) is 83.6 Å². The first kappa shape index (κ1) is 11.9. The Hall–Kier alpha value is -1.60. The van der Waals surface area contributed by atoms with Crippen LogP contribution in [0.15, 0.2) is 16.9 Å². The second kappa shape index (κ2) is 5.65. The van der Waals surface area contributed by atoms with E-state index >= 15 is 0 Å². The van der Waals surface area contributed by atoms with E-state index in [1.807, 2.05) is 0 Å². The van der Waals surface area contributed by atoms with Gasteiger partial charge < -0.3 is 5.32 Å². The van der Waals surface area contributed by atoms with E-state index in [4.69, 9.17) is 0 Å². The SMILES string of the molecule is CCNCCc1nnc(-c2ccc(=O)[nH]n2)s1. The summed E-state index contributed by atoms with van der Waals surface area (Å²) in [6.07, 6.45) is 0.856. The van der Waals surface area contributed by atoms with E-state index in [9.17, 15) is 4.79 Å². The molecule has 0 atom stereocenters. The first-order chi connectivity index (χ1) is 8.29. The lowest BCUT2D eigenvalue weighted by Crippen LogP contribution is -2.15. The van der Waals surface area contributed by atoms with Gasteiger partial charge in [0.15, 0.2) is 5.01 Å². The quantitative estimate of drug-likeness (QED) is 0.753. The minimum atomic E-state index is -0.217. The maximum Gasteiger partial charge on any atom is 0.264 e. The Balaban J connectivity index is 2.07. The molecule has 2 N–H and O–H groups in total. The highest BCUT2D eigenvalue weighted by Crippen LogP contribution is 2.20. The fourth-order valence-corrected chi connectivity index (χ4v) is 2.10. The summed E-state index contributed by atoms with van der Waals surface area (Å²) in [6, 6.07) is 3.08. The van der Waals surface area contributed by atoms with Crippen LogP contribution in [0.25, 0.3) is 10.7 Å². The summed E-state index contributed by atoms with van der Waals surface area (Å²) in [6.45, 7) is 3.91. The van der Waals surface area contributed by atoms with Crippen molar-refractivity contribution >= 4 is 11.3 Å². The number of nitrogens with one attached hydrogen (secondary N) is 2. The Morgan fingerprint density at radius 1 is 1.41 bits per heavy atom. The van der Waals surface area contributed by atoms with E-state index in [2.05, 4.69) is 32.6 Å². The number of aromatic nitrogens is 4. The number of nitrogens with zero attached hydrogens (tertiary/aromatic N) is 3. The lowest BCUT2D eigenvalue weighted by Gasteiger charge is -1.95. The van der Waals surface area contributed by atoms with Crippen molar-refractivity contribution in [3.05, 3.63) is 27.5 Å². The molecule has 0 aliphatic carbocycles. The van der Waals surface area contributed by atoms with Crippen molar-refractivity contribution in [1.82, 2.24) is 25.7 Å². The summed E-state index contributed by atoms with van der Waals surface area (Å²) >= 11 is 1.50. The molecule has 2 aromatic heterocycles. The average molecular weight is 251 g/mol. The molecule has 2 aromatic rings. The first-order valence-electron chi connectivity index (χ1n) is 5.39. The number of hydrogen-bond acceptors (Lipinski definition) is 6. The van der Waals surface area contributed by atoms with Gasteiger partial charge in [0.25, 0.3) is 5.56 Å². The highest BCUT2D eigenvalue weighted by atomic mass is 32.1. The van der Waals surface area contributed by atoms with Gasteiger partial charge in [0, 0.05) is 19.0 Å². The van der Waals surface area contributed by atoms with Gasteiger partial charge in [0.2, 0.25) is 0 Å². The highest BCUT2D eigenvalue weighted by molar-refractivity contribution is 7.14. The fraction of sp³-hybridized carbons (Fsp3) is 0.400. The third-order valence-electron chi connectivity index (χ3n) is 2.13. The number of hydrogen-bond donors (Lipinski definition) is 2. The van der Waals surface area contributed by atoms with Crippen molar-refractivity contribution in [2.75, 3.05) is 13.1 Å². The molecule has 90 valence electrons. The van der Waals surface area contributed by atoms with E-state index in [1.165, 1.54) is 17.4 Å². The molecule has 0 amide bonds. The Bertz CT molecular complexity index is 515. The van der Waals surface area contributed by atoms with E-state index in [-0.39, 0.29) is 5.56 Å². The number of rotatable bonds is 5. The molecule has 6 nitrogen and oxygen atoms in total. The largest absolute Gasteiger partial charge is 0.317 e. The Morgan fingerprint density at radius 2 is 2.29 bits per heavy atom. The van der Waals surface area contributed by atoms with Gasteiger partial charge in [-0.1, -0.05) is 18.3 Å². The van der Waals surface area contributed by atoms with Gasteiger partial charge >= 0.3 is 0 Å². The molecule has 0 aromatic carbocycles. The third kappa shape index (κ3) is 3.18. The molecule has 0 bridgehead atoms. The minimum Gasteiger partial charge on any atom is -0.317 e. The zero-order valence-electron chi connectivity index (χ0n) is 9.43. The van der Waals surface area contributed by atoms with Crippen LogP contribution in [-0.4, -0.2) is 33.5 Å². The molecular formula is C10H13N5OS. The summed E-state index contributed by atoms with van der Waals surface area (Å²) in [5.74, 6) is 0. The summed E-state index contributed by atoms with van der Waals surface area (Å²) in [7, 11) is 0. The third-order valence-corrected chi connectivity index (χ3v) is 3.14. The molecule has 0 aliphatic heterocycles. The molecular weight excluding hydrogens is 238 g/mol. The molecule has 0 unspecified atom stereocenters. The molecule has 0 saturated carbocycles. The zero-order chi connectivity index (χ0) is 12.1. The van der Waals surface area contributed by atoms with Crippen molar-refractivity contribution in [3.63, 3.8) is 0 Å². The molecule has 0 fully saturated rings. The van der Waals surface area contributed by atoms with Crippen molar-refractivity contribution in [3.8, 4) is 10.7 Å². The van der Waals surface area contributed by atoms with E-state index < -0.39 is 0 Å². The molecule has 17 heavy (non-hydrogen) atoms. The molecule has 0 spiro atoms. The zero-order valence-corrected chi connectivity index (χ0v) is 10.3. The molecule has 0 aliphatic rings. The number of H-pyrrole nitrogens is 1. The van der Waals surface area contributed by atoms with Gasteiger partial charge in [-0.2, -0.15) is 5.10 Å². The molecule has 2 heterocycles. The van der Waals surface area contributed by atoms with Gasteiger partial charge in [0.05, 0.1) is 0 Å². The van der Waals surface area contributed by atoms with Crippen molar-refractivity contribution in [1.29, 1.82) is 0 Å². The predicted molar refractivity (Wildman–Crippen MR) is 66.0 cm³/mol. The van der Waals surface area contributed by atoms with Crippen molar-refractivity contribution in [2.45, 2.75) is 13.3 Å². The lowest BCUT2D eigenvalue weighted by atomic mass is 10.4. The lowest BCUT2D eigenvalue weighted by molar-refractivity contribution is 0.710. The summed E-state index contributed by atoms with van der Waals surface area (Å²) in [5.41, 5.74) is 0.433. The van der Waals surface area contributed by atoms with Crippen LogP contribution in [0.4, 0.5) is 0 Å². The van der Waals surface area contributed by atoms with Crippen LogP contribution in [0.2, 0.25) is 0 Å². The van der Waals surface area contributed by atoms with E-state index in [0.29, 0.717) is 5.69 Å².